The van der Waals surface area contributed by atoms with E-state index in [4.69, 9.17) is 4.74 Å². The first-order valence-corrected chi connectivity index (χ1v) is 7.65. The summed E-state index contributed by atoms with van der Waals surface area (Å²) in [7, 11) is 0. The molecule has 5 heteroatoms. The van der Waals surface area contributed by atoms with Crippen LogP contribution < -0.4 is 5.32 Å². The summed E-state index contributed by atoms with van der Waals surface area (Å²) in [5.74, 6) is -1.11. The molecule has 0 heterocycles. The lowest BCUT2D eigenvalue weighted by Gasteiger charge is -2.08. The summed E-state index contributed by atoms with van der Waals surface area (Å²) in [6.45, 7) is 1.50. The summed E-state index contributed by atoms with van der Waals surface area (Å²) in [6, 6.07) is 16.1. The summed E-state index contributed by atoms with van der Waals surface area (Å²) < 4.78 is 4.90. The summed E-state index contributed by atoms with van der Waals surface area (Å²) >= 11 is 0. The Balaban J connectivity index is 1.72. The Morgan fingerprint density at radius 1 is 0.917 bits per heavy atom. The number of hydrogen-bond donors (Lipinski definition) is 1. The van der Waals surface area contributed by atoms with Gasteiger partial charge in [0.25, 0.3) is 5.91 Å². The fourth-order valence-corrected chi connectivity index (χ4v) is 2.10. The van der Waals surface area contributed by atoms with Gasteiger partial charge in [-0.05, 0) is 18.6 Å². The number of esters is 1. The molecule has 0 bridgehead atoms. The van der Waals surface area contributed by atoms with Gasteiger partial charge < -0.3 is 10.1 Å². The van der Waals surface area contributed by atoms with Crippen LogP contribution in [-0.4, -0.2) is 24.3 Å². The normalized spacial score (nSPS) is 10.0. The van der Waals surface area contributed by atoms with Crippen molar-refractivity contribution in [2.75, 3.05) is 11.9 Å². The number of anilines is 1. The van der Waals surface area contributed by atoms with Crippen LogP contribution in [0, 0.1) is 6.92 Å². The quantitative estimate of drug-likeness (QED) is 0.627. The number of Topliss-reactive ketones (excluding diaryl/α,β-unsaturated/α-hetero) is 1. The van der Waals surface area contributed by atoms with Crippen molar-refractivity contribution in [3.8, 4) is 0 Å². The van der Waals surface area contributed by atoms with Gasteiger partial charge in [-0.2, -0.15) is 0 Å². The molecule has 0 aliphatic rings. The first-order chi connectivity index (χ1) is 11.6. The van der Waals surface area contributed by atoms with Crippen LogP contribution in [0.1, 0.15) is 28.8 Å². The Bertz CT molecular complexity index is 725. The zero-order valence-electron chi connectivity index (χ0n) is 13.5. The van der Waals surface area contributed by atoms with Crippen molar-refractivity contribution in [1.82, 2.24) is 0 Å². The summed E-state index contributed by atoms with van der Waals surface area (Å²) in [5.41, 5.74) is 2.16. The van der Waals surface area contributed by atoms with E-state index >= 15 is 0 Å². The number of carbonyl (C=O) groups excluding carboxylic acids is 3. The largest absolute Gasteiger partial charge is 0.456 e. The van der Waals surface area contributed by atoms with Crippen molar-refractivity contribution in [3.05, 3.63) is 65.7 Å². The zero-order valence-corrected chi connectivity index (χ0v) is 13.5. The number of aryl methyl sites for hydroxylation is 1. The van der Waals surface area contributed by atoms with Gasteiger partial charge in [0.15, 0.2) is 12.4 Å². The average Bonchev–Trinajstić information content (AvgIpc) is 2.60. The van der Waals surface area contributed by atoms with Crippen molar-refractivity contribution in [1.29, 1.82) is 0 Å². The highest BCUT2D eigenvalue weighted by molar-refractivity contribution is 5.98. The lowest BCUT2D eigenvalue weighted by atomic mass is 10.1. The molecule has 24 heavy (non-hydrogen) atoms. The van der Waals surface area contributed by atoms with E-state index in [1.54, 1.807) is 30.3 Å². The summed E-state index contributed by atoms with van der Waals surface area (Å²) in [6.07, 6.45) is 0.00757. The number of nitrogens with one attached hydrogen (secondary N) is 1. The van der Waals surface area contributed by atoms with E-state index < -0.39 is 11.9 Å². The van der Waals surface area contributed by atoms with E-state index in [1.807, 2.05) is 31.2 Å². The van der Waals surface area contributed by atoms with Crippen molar-refractivity contribution in [2.45, 2.75) is 19.8 Å². The molecule has 2 rings (SSSR count). The van der Waals surface area contributed by atoms with Gasteiger partial charge in [0, 0.05) is 17.7 Å². The molecular formula is C19H19NO4. The number of ketones is 1. The first kappa shape index (κ1) is 17.4. The Morgan fingerprint density at radius 3 is 2.29 bits per heavy atom. The van der Waals surface area contributed by atoms with Crippen LogP contribution in [0.15, 0.2) is 54.6 Å². The second-order valence-electron chi connectivity index (χ2n) is 5.31. The Hall–Kier alpha value is -2.95. The lowest BCUT2D eigenvalue weighted by molar-refractivity contribution is -0.147. The minimum atomic E-state index is -0.570. The Morgan fingerprint density at radius 2 is 1.58 bits per heavy atom. The van der Waals surface area contributed by atoms with Gasteiger partial charge in [0.2, 0.25) is 0 Å². The molecule has 0 aliphatic heterocycles. The van der Waals surface area contributed by atoms with E-state index in [2.05, 4.69) is 5.32 Å². The molecule has 1 N–H and O–H groups in total. The van der Waals surface area contributed by atoms with Crippen molar-refractivity contribution >= 4 is 23.3 Å². The lowest BCUT2D eigenvalue weighted by Crippen LogP contribution is -2.21. The summed E-state index contributed by atoms with van der Waals surface area (Å²) in [5, 5.41) is 2.67. The molecule has 0 aromatic heterocycles. The number of rotatable bonds is 7. The predicted molar refractivity (Wildman–Crippen MR) is 90.8 cm³/mol. The van der Waals surface area contributed by atoms with Crippen LogP contribution in [0.3, 0.4) is 0 Å². The van der Waals surface area contributed by atoms with Crippen LogP contribution in [0.5, 0.6) is 0 Å². The smallest absolute Gasteiger partial charge is 0.306 e. The minimum absolute atomic E-state index is 0.0502. The maximum atomic E-state index is 11.9. The van der Waals surface area contributed by atoms with Gasteiger partial charge in [-0.1, -0.05) is 48.5 Å². The van der Waals surface area contributed by atoms with E-state index in [9.17, 15) is 14.4 Å². The van der Waals surface area contributed by atoms with E-state index in [0.717, 1.165) is 5.56 Å². The monoisotopic (exact) mass is 325 g/mol. The van der Waals surface area contributed by atoms with E-state index in [0.29, 0.717) is 11.3 Å². The van der Waals surface area contributed by atoms with Crippen molar-refractivity contribution in [2.24, 2.45) is 0 Å². The Kier molecular flexibility index (Phi) is 6.25. The SMILES string of the molecule is Cc1ccccc1NC(=O)COC(=O)CCC(=O)c1ccccc1. The molecule has 0 radical (unpaired) electrons. The molecule has 0 saturated heterocycles. The number of amides is 1. The average molecular weight is 325 g/mol. The minimum Gasteiger partial charge on any atom is -0.456 e. The van der Waals surface area contributed by atoms with Gasteiger partial charge in [-0.25, -0.2) is 0 Å². The molecule has 124 valence electrons. The third kappa shape index (κ3) is 5.35. The maximum Gasteiger partial charge on any atom is 0.306 e. The van der Waals surface area contributed by atoms with Gasteiger partial charge in [0.1, 0.15) is 0 Å². The molecular weight excluding hydrogens is 306 g/mol. The molecule has 2 aromatic carbocycles. The molecule has 0 atom stereocenters. The van der Waals surface area contributed by atoms with Gasteiger partial charge >= 0.3 is 5.97 Å². The highest BCUT2D eigenvalue weighted by Gasteiger charge is 2.12. The maximum absolute atomic E-state index is 11.9. The second-order valence-corrected chi connectivity index (χ2v) is 5.31. The predicted octanol–water partition coefficient (Wildman–Crippen LogP) is 3.14. The number of carbonyl (C=O) groups is 3. The second kappa shape index (κ2) is 8.62. The molecule has 0 saturated carbocycles. The summed E-state index contributed by atoms with van der Waals surface area (Å²) in [4.78, 5) is 35.3. The number of benzene rings is 2. The molecule has 2 aromatic rings. The third-order valence-corrected chi connectivity index (χ3v) is 3.44. The molecule has 1 amide bonds. The molecule has 0 unspecified atom stereocenters. The molecule has 5 nitrogen and oxygen atoms in total. The number of hydrogen-bond acceptors (Lipinski definition) is 4. The van der Waals surface area contributed by atoms with Crippen LogP contribution >= 0.6 is 0 Å². The number of ether oxygens (including phenoxy) is 1. The number of para-hydroxylation sites is 1. The zero-order chi connectivity index (χ0) is 17.4. The van der Waals surface area contributed by atoms with Crippen LogP contribution in [0.4, 0.5) is 5.69 Å². The van der Waals surface area contributed by atoms with Gasteiger partial charge in [-0.3, -0.25) is 14.4 Å². The first-order valence-electron chi connectivity index (χ1n) is 7.65. The van der Waals surface area contributed by atoms with Crippen LogP contribution in [0.2, 0.25) is 0 Å². The van der Waals surface area contributed by atoms with E-state index in [1.165, 1.54) is 0 Å². The highest BCUT2D eigenvalue weighted by atomic mass is 16.5. The van der Waals surface area contributed by atoms with Crippen LogP contribution in [0.25, 0.3) is 0 Å². The van der Waals surface area contributed by atoms with Gasteiger partial charge in [0.05, 0.1) is 6.42 Å². The molecule has 0 aliphatic carbocycles. The van der Waals surface area contributed by atoms with Crippen LogP contribution in [-0.2, 0) is 14.3 Å². The Labute approximate surface area is 140 Å². The topological polar surface area (TPSA) is 72.5 Å². The van der Waals surface area contributed by atoms with E-state index in [-0.39, 0.29) is 25.2 Å². The molecule has 0 spiro atoms. The highest BCUT2D eigenvalue weighted by Crippen LogP contribution is 2.12. The van der Waals surface area contributed by atoms with Crippen molar-refractivity contribution in [3.63, 3.8) is 0 Å². The fraction of sp³-hybridized carbons (Fsp3) is 0.211. The van der Waals surface area contributed by atoms with Crippen molar-refractivity contribution < 1.29 is 19.1 Å². The van der Waals surface area contributed by atoms with Gasteiger partial charge in [-0.15, -0.1) is 0 Å². The molecule has 0 fully saturated rings. The fourth-order valence-electron chi connectivity index (χ4n) is 2.10. The third-order valence-electron chi connectivity index (χ3n) is 3.44. The standard InChI is InChI=1S/C19H19NO4/c1-14-7-5-6-10-16(14)20-18(22)13-24-19(23)12-11-17(21)15-8-3-2-4-9-15/h2-10H,11-13H2,1H3,(H,20,22).